The lowest BCUT2D eigenvalue weighted by Crippen LogP contribution is -2.65. The van der Waals surface area contributed by atoms with E-state index in [1.54, 1.807) is 12.1 Å². The molecule has 9 nitrogen and oxygen atoms in total. The first-order valence-electron chi connectivity index (χ1n) is 15.1. The van der Waals surface area contributed by atoms with Gasteiger partial charge in [0.05, 0.1) is 23.9 Å². The number of amides is 2. The van der Waals surface area contributed by atoms with Crippen molar-refractivity contribution in [1.29, 1.82) is 0 Å². The topological polar surface area (TPSA) is 123 Å². The molecule has 0 spiro atoms. The van der Waals surface area contributed by atoms with Crippen molar-refractivity contribution in [1.82, 2.24) is 15.4 Å². The van der Waals surface area contributed by atoms with E-state index >= 15 is 0 Å². The Morgan fingerprint density at radius 3 is 2.37 bits per heavy atom. The molecule has 6 atom stereocenters. The zero-order valence-electron chi connectivity index (χ0n) is 25.7. The summed E-state index contributed by atoms with van der Waals surface area (Å²) in [6.45, 7) is 12.7. The van der Waals surface area contributed by atoms with Crippen LogP contribution in [0.4, 0.5) is 0 Å². The molecule has 1 saturated heterocycles. The molecule has 3 saturated carbocycles. The van der Waals surface area contributed by atoms with E-state index in [2.05, 4.69) is 56.9 Å². The van der Waals surface area contributed by atoms with Crippen LogP contribution in [0.2, 0.25) is 0 Å². The van der Waals surface area contributed by atoms with Crippen LogP contribution in [0.25, 0.3) is 0 Å². The summed E-state index contributed by atoms with van der Waals surface area (Å²) in [5.41, 5.74) is 1.32. The minimum atomic E-state index is -3.60. The molecule has 2 amide bonds. The van der Waals surface area contributed by atoms with E-state index in [0.29, 0.717) is 23.8 Å². The van der Waals surface area contributed by atoms with Crippen molar-refractivity contribution in [2.75, 3.05) is 12.8 Å². The number of hydrogen-bond acceptors (Lipinski definition) is 6. The number of unbranched alkanes of at least 4 members (excludes halogenated alkanes) is 1. The second kappa shape index (κ2) is 12.3. The maximum atomic E-state index is 13.6. The van der Waals surface area contributed by atoms with Gasteiger partial charge in [-0.15, -0.1) is 0 Å². The summed E-state index contributed by atoms with van der Waals surface area (Å²) in [6.07, 6.45) is 6.75. The Kier molecular flexibility index (Phi) is 9.63. The number of carbonyl (C=O) groups is 2. The van der Waals surface area contributed by atoms with E-state index in [1.807, 2.05) is 12.1 Å². The third-order valence-electron chi connectivity index (χ3n) is 9.56. The molecule has 0 radical (unpaired) electrons. The van der Waals surface area contributed by atoms with Gasteiger partial charge in [-0.25, -0.2) is 13.1 Å². The maximum absolute atomic E-state index is 13.6. The highest BCUT2D eigenvalue weighted by molar-refractivity contribution is 7.88. The molecule has 41 heavy (non-hydrogen) atoms. The molecule has 3 aliphatic carbocycles. The van der Waals surface area contributed by atoms with E-state index in [1.165, 1.54) is 0 Å². The van der Waals surface area contributed by atoms with E-state index < -0.39 is 46.5 Å². The lowest BCUT2D eigenvalue weighted by atomic mass is 9.43. The Labute approximate surface area is 246 Å². The number of hydrogen-bond donors (Lipinski definition) is 3. The van der Waals surface area contributed by atoms with Crippen LogP contribution in [0.3, 0.4) is 0 Å². The largest absolute Gasteiger partial charge is 0.481 e. The Morgan fingerprint density at radius 1 is 1.10 bits per heavy atom. The summed E-state index contributed by atoms with van der Waals surface area (Å²) < 4.78 is 39.3. The van der Waals surface area contributed by atoms with Crippen LogP contribution in [-0.4, -0.2) is 63.8 Å². The van der Waals surface area contributed by atoms with Gasteiger partial charge in [-0.3, -0.25) is 9.59 Å². The van der Waals surface area contributed by atoms with Crippen molar-refractivity contribution < 1.29 is 27.3 Å². The first kappa shape index (κ1) is 32.0. The fourth-order valence-corrected chi connectivity index (χ4v) is 7.46. The predicted octanol–water partition coefficient (Wildman–Crippen LogP) is 3.48. The monoisotopic (exact) mass is 589 g/mol. The van der Waals surface area contributed by atoms with Crippen molar-refractivity contribution in [2.24, 2.45) is 23.2 Å². The van der Waals surface area contributed by atoms with Crippen LogP contribution in [0.15, 0.2) is 24.3 Å². The number of nitrogens with one attached hydrogen (secondary N) is 3. The molecule has 5 rings (SSSR count). The number of carbonyl (C=O) groups excluding carboxylic acids is 2. The molecule has 2 bridgehead atoms. The molecule has 4 aliphatic rings. The first-order chi connectivity index (χ1) is 19.1. The third-order valence-corrected chi connectivity index (χ3v) is 10.2. The molecule has 1 aromatic rings. The molecule has 0 unspecified atom stereocenters. The molecule has 11 heteroatoms. The van der Waals surface area contributed by atoms with Gasteiger partial charge in [0.1, 0.15) is 6.04 Å². The summed E-state index contributed by atoms with van der Waals surface area (Å²) in [6, 6.07) is 6.16. The fourth-order valence-electron chi connectivity index (χ4n) is 6.99. The number of aryl methyl sites for hydroxylation is 1. The Hall–Kier alpha value is -1.95. The van der Waals surface area contributed by atoms with Gasteiger partial charge in [-0.2, -0.15) is 0 Å². The first-order valence-corrected chi connectivity index (χ1v) is 17.0. The zero-order valence-corrected chi connectivity index (χ0v) is 26.5. The smallest absolute Gasteiger partial charge is 0.404 e. The van der Waals surface area contributed by atoms with Gasteiger partial charge in [0.15, 0.2) is 0 Å². The van der Waals surface area contributed by atoms with Gasteiger partial charge >= 0.3 is 7.12 Å². The number of rotatable bonds is 13. The van der Waals surface area contributed by atoms with E-state index in [4.69, 9.17) is 9.31 Å². The molecular weight excluding hydrogens is 541 g/mol. The van der Waals surface area contributed by atoms with E-state index in [-0.39, 0.29) is 24.0 Å². The van der Waals surface area contributed by atoms with Crippen molar-refractivity contribution in [3.05, 3.63) is 35.4 Å². The lowest BCUT2D eigenvalue weighted by Gasteiger charge is -2.64. The van der Waals surface area contributed by atoms with Gasteiger partial charge in [0.2, 0.25) is 15.9 Å². The summed E-state index contributed by atoms with van der Waals surface area (Å²) >= 11 is 0. The van der Waals surface area contributed by atoms with Gasteiger partial charge in [-0.05, 0) is 79.9 Å². The SMILES string of the molecule is CCCCc1ccc(C(=O)N[C@@H](CNS(C)(=O)=O)C(=O)N[C@@H](CC(C)C)B2O[C@@H]3C[C@@H]4C[C@@H](C4(C)C)[C@]3(C)O2)cc1. The quantitative estimate of drug-likeness (QED) is 0.303. The van der Waals surface area contributed by atoms with Crippen LogP contribution >= 0.6 is 0 Å². The minimum absolute atomic E-state index is 0.0291. The minimum Gasteiger partial charge on any atom is -0.404 e. The van der Waals surface area contributed by atoms with Gasteiger partial charge in [0, 0.05) is 12.1 Å². The summed E-state index contributed by atoms with van der Waals surface area (Å²) in [4.78, 5) is 26.8. The molecular formula is C30H48BN3O6S. The van der Waals surface area contributed by atoms with Crippen molar-refractivity contribution in [3.8, 4) is 0 Å². The number of sulfonamides is 1. The standard InChI is InChI=1S/C30H48BN3O6S/c1-8-9-10-20-11-13-21(14-12-20)27(35)33-23(18-32-41(7,37)38)28(36)34-26(15-19(2)3)31-39-25-17-22-16-24(29(22,4)5)30(25,6)40-31/h11-14,19,22-26,32H,8-10,15-18H2,1-7H3,(H,33,35)(H,34,36)/t22-,23-,24-,25+,26-,30-/m0/s1. The predicted molar refractivity (Wildman–Crippen MR) is 161 cm³/mol. The normalized spacial score (nSPS) is 28.0. The van der Waals surface area contributed by atoms with Crippen molar-refractivity contribution in [2.45, 2.75) is 104 Å². The Morgan fingerprint density at radius 2 is 1.78 bits per heavy atom. The highest BCUT2D eigenvalue weighted by Gasteiger charge is 2.68. The van der Waals surface area contributed by atoms with Gasteiger partial charge in [-0.1, -0.05) is 53.2 Å². The summed E-state index contributed by atoms with van der Waals surface area (Å²) in [5, 5.41) is 5.79. The zero-order chi connectivity index (χ0) is 30.2. The maximum Gasteiger partial charge on any atom is 0.481 e. The van der Waals surface area contributed by atoms with Crippen LogP contribution < -0.4 is 15.4 Å². The van der Waals surface area contributed by atoms with Gasteiger partial charge in [0.25, 0.3) is 5.91 Å². The highest BCUT2D eigenvalue weighted by atomic mass is 32.2. The molecule has 4 fully saturated rings. The van der Waals surface area contributed by atoms with E-state index in [9.17, 15) is 18.0 Å². The average Bonchev–Trinajstić information content (AvgIpc) is 3.26. The molecule has 1 aromatic carbocycles. The second-order valence-electron chi connectivity index (χ2n) is 13.5. The second-order valence-corrected chi connectivity index (χ2v) is 15.4. The summed E-state index contributed by atoms with van der Waals surface area (Å²) in [7, 11) is -4.22. The molecule has 3 N–H and O–H groups in total. The lowest BCUT2D eigenvalue weighted by molar-refractivity contribution is -0.199. The highest BCUT2D eigenvalue weighted by Crippen LogP contribution is 2.65. The number of benzene rings is 1. The third kappa shape index (κ3) is 7.17. The van der Waals surface area contributed by atoms with Crippen molar-refractivity contribution >= 4 is 29.0 Å². The van der Waals surface area contributed by atoms with Gasteiger partial charge < -0.3 is 19.9 Å². The Bertz CT molecular complexity index is 1210. The average molecular weight is 590 g/mol. The van der Waals surface area contributed by atoms with Crippen molar-refractivity contribution in [3.63, 3.8) is 0 Å². The van der Waals surface area contributed by atoms with Crippen LogP contribution in [-0.2, 0) is 30.5 Å². The van der Waals surface area contributed by atoms with Crippen LogP contribution in [0.5, 0.6) is 0 Å². The fraction of sp³-hybridized carbons (Fsp3) is 0.733. The summed E-state index contributed by atoms with van der Waals surface area (Å²) in [5.74, 6) is -0.164. The Balaban J connectivity index is 1.48. The van der Waals surface area contributed by atoms with E-state index in [0.717, 1.165) is 43.9 Å². The molecule has 1 heterocycles. The van der Waals surface area contributed by atoms with Crippen LogP contribution in [0, 0.1) is 23.2 Å². The molecule has 0 aromatic heterocycles. The molecule has 1 aliphatic heterocycles. The van der Waals surface area contributed by atoms with Crippen LogP contribution in [0.1, 0.15) is 89.6 Å². The molecule has 228 valence electrons.